The van der Waals surface area contributed by atoms with Gasteiger partial charge in [0.25, 0.3) is 0 Å². The van der Waals surface area contributed by atoms with Crippen LogP contribution >= 0.6 is 0 Å². The number of carbonyl (C=O) groups excluding carboxylic acids is 1. The van der Waals surface area contributed by atoms with Gasteiger partial charge in [-0.1, -0.05) is 30.3 Å². The molecule has 2 rings (SSSR count). The highest BCUT2D eigenvalue weighted by Crippen LogP contribution is 2.18. The van der Waals surface area contributed by atoms with Crippen LogP contribution in [0.2, 0.25) is 0 Å². The Balaban J connectivity index is 2.10. The third-order valence-electron chi connectivity index (χ3n) is 3.14. The van der Waals surface area contributed by atoms with E-state index in [9.17, 15) is 13.2 Å². The Labute approximate surface area is 123 Å². The number of nitrogens with two attached hydrogens (primary N) is 1. The number of amides is 1. The number of nitrogens with one attached hydrogen (secondary N) is 1. The molecule has 6 heteroatoms. The summed E-state index contributed by atoms with van der Waals surface area (Å²) in [4.78, 5) is 12.2. The summed E-state index contributed by atoms with van der Waals surface area (Å²) in [5, 5.41) is 7.76. The number of sulfonamides is 1. The summed E-state index contributed by atoms with van der Waals surface area (Å²) in [7, 11) is -3.72. The highest BCUT2D eigenvalue weighted by molar-refractivity contribution is 7.89. The summed E-state index contributed by atoms with van der Waals surface area (Å²) in [5.74, 6) is -0.464. The fourth-order valence-corrected chi connectivity index (χ4v) is 2.39. The van der Waals surface area contributed by atoms with Gasteiger partial charge in [-0.05, 0) is 36.8 Å². The second-order valence-corrected chi connectivity index (χ2v) is 6.25. The van der Waals surface area contributed by atoms with Crippen LogP contribution in [0.15, 0.2) is 59.5 Å². The Bertz CT molecular complexity index is 725. The minimum absolute atomic E-state index is 0.0107. The number of carbonyl (C=O) groups is 1. The van der Waals surface area contributed by atoms with Gasteiger partial charge < -0.3 is 5.32 Å². The van der Waals surface area contributed by atoms with E-state index in [1.54, 1.807) is 0 Å². The molecule has 0 bridgehead atoms. The lowest BCUT2D eigenvalue weighted by atomic mass is 10.0. The predicted molar refractivity (Wildman–Crippen MR) is 81.3 cm³/mol. The molecule has 0 aromatic heterocycles. The average Bonchev–Trinajstić information content (AvgIpc) is 2.47. The zero-order valence-electron chi connectivity index (χ0n) is 11.5. The maximum absolute atomic E-state index is 12.1. The number of rotatable bonds is 4. The van der Waals surface area contributed by atoms with Gasteiger partial charge in [-0.15, -0.1) is 0 Å². The van der Waals surface area contributed by atoms with Gasteiger partial charge in [0.15, 0.2) is 0 Å². The molecule has 2 aromatic rings. The topological polar surface area (TPSA) is 89.3 Å². The molecule has 1 amide bonds. The van der Waals surface area contributed by atoms with E-state index < -0.39 is 10.0 Å². The van der Waals surface area contributed by atoms with Crippen LogP contribution in [-0.2, 0) is 14.8 Å². The molecule has 0 heterocycles. The lowest BCUT2D eigenvalue weighted by Gasteiger charge is -2.12. The standard InChI is InChI=1S/C15H16N2O3S/c1-11(12-5-3-2-4-6-12)15(18)17-13-7-9-14(10-8-13)21(16,19)20/h2-11H,1H3,(H,17,18)(H2,16,19,20)/t11-/m0/s1. The Kier molecular flexibility index (Phi) is 4.40. The van der Waals surface area contributed by atoms with Crippen molar-refractivity contribution in [1.29, 1.82) is 0 Å². The van der Waals surface area contributed by atoms with Gasteiger partial charge in [0.1, 0.15) is 0 Å². The normalized spacial score (nSPS) is 12.7. The van der Waals surface area contributed by atoms with Crippen molar-refractivity contribution in [3.8, 4) is 0 Å². The molecular weight excluding hydrogens is 288 g/mol. The van der Waals surface area contributed by atoms with Crippen LogP contribution in [-0.4, -0.2) is 14.3 Å². The quantitative estimate of drug-likeness (QED) is 0.906. The molecule has 0 spiro atoms. The number of hydrogen-bond donors (Lipinski definition) is 2. The van der Waals surface area contributed by atoms with E-state index >= 15 is 0 Å². The number of benzene rings is 2. The van der Waals surface area contributed by atoms with E-state index in [0.29, 0.717) is 5.69 Å². The Morgan fingerprint density at radius 2 is 1.62 bits per heavy atom. The van der Waals surface area contributed by atoms with Crippen LogP contribution in [0.3, 0.4) is 0 Å². The summed E-state index contributed by atoms with van der Waals surface area (Å²) in [6.07, 6.45) is 0. The van der Waals surface area contributed by atoms with E-state index in [1.165, 1.54) is 24.3 Å². The fourth-order valence-electron chi connectivity index (χ4n) is 1.87. The maximum Gasteiger partial charge on any atom is 0.238 e. The van der Waals surface area contributed by atoms with E-state index in [-0.39, 0.29) is 16.7 Å². The molecule has 0 fully saturated rings. The third-order valence-corrected chi connectivity index (χ3v) is 4.07. The predicted octanol–water partition coefficient (Wildman–Crippen LogP) is 2.08. The molecule has 0 radical (unpaired) electrons. The van der Waals surface area contributed by atoms with Gasteiger partial charge >= 0.3 is 0 Å². The van der Waals surface area contributed by atoms with Crippen molar-refractivity contribution in [3.05, 3.63) is 60.2 Å². The minimum Gasteiger partial charge on any atom is -0.326 e. The highest BCUT2D eigenvalue weighted by Gasteiger charge is 2.15. The zero-order chi connectivity index (χ0) is 15.5. The molecule has 0 aliphatic heterocycles. The first-order valence-electron chi connectivity index (χ1n) is 6.36. The maximum atomic E-state index is 12.1. The van der Waals surface area contributed by atoms with Gasteiger partial charge in [-0.3, -0.25) is 4.79 Å². The monoisotopic (exact) mass is 304 g/mol. The van der Waals surface area contributed by atoms with Crippen LogP contribution in [0, 0.1) is 0 Å². The number of primary sulfonamides is 1. The van der Waals surface area contributed by atoms with Crippen LogP contribution in [0.5, 0.6) is 0 Å². The smallest absolute Gasteiger partial charge is 0.238 e. The average molecular weight is 304 g/mol. The molecule has 3 N–H and O–H groups in total. The summed E-state index contributed by atoms with van der Waals surface area (Å²) < 4.78 is 22.3. The molecule has 0 aliphatic rings. The SMILES string of the molecule is C[C@H](C(=O)Nc1ccc(S(N)(=O)=O)cc1)c1ccccc1. The van der Waals surface area contributed by atoms with Crippen molar-refractivity contribution >= 4 is 21.6 Å². The second-order valence-electron chi connectivity index (χ2n) is 4.69. The molecule has 0 saturated carbocycles. The molecule has 0 saturated heterocycles. The summed E-state index contributed by atoms with van der Waals surface area (Å²) in [6, 6.07) is 15.1. The van der Waals surface area contributed by atoms with Crippen molar-refractivity contribution in [3.63, 3.8) is 0 Å². The summed E-state index contributed by atoms with van der Waals surface area (Å²) in [6.45, 7) is 1.81. The highest BCUT2D eigenvalue weighted by atomic mass is 32.2. The Morgan fingerprint density at radius 3 is 2.14 bits per heavy atom. The van der Waals surface area contributed by atoms with Gasteiger partial charge in [-0.25, -0.2) is 13.6 Å². The summed E-state index contributed by atoms with van der Waals surface area (Å²) in [5.41, 5.74) is 1.44. The van der Waals surface area contributed by atoms with E-state index in [2.05, 4.69) is 5.32 Å². The molecular formula is C15H16N2O3S. The van der Waals surface area contributed by atoms with Crippen LogP contribution in [0.25, 0.3) is 0 Å². The van der Waals surface area contributed by atoms with Gasteiger partial charge in [0.05, 0.1) is 10.8 Å². The fraction of sp³-hybridized carbons (Fsp3) is 0.133. The first-order valence-corrected chi connectivity index (χ1v) is 7.91. The lowest BCUT2D eigenvalue weighted by molar-refractivity contribution is -0.117. The second kappa shape index (κ2) is 6.07. The first kappa shape index (κ1) is 15.2. The molecule has 1 atom stereocenters. The number of hydrogen-bond acceptors (Lipinski definition) is 3. The largest absolute Gasteiger partial charge is 0.326 e. The first-order chi connectivity index (χ1) is 9.88. The molecule has 110 valence electrons. The van der Waals surface area contributed by atoms with Crippen molar-refractivity contribution in [2.45, 2.75) is 17.7 Å². The van der Waals surface area contributed by atoms with E-state index in [0.717, 1.165) is 5.56 Å². The van der Waals surface area contributed by atoms with Crippen molar-refractivity contribution in [2.75, 3.05) is 5.32 Å². The van der Waals surface area contributed by atoms with E-state index in [4.69, 9.17) is 5.14 Å². The number of anilines is 1. The van der Waals surface area contributed by atoms with Crippen LogP contribution < -0.4 is 10.5 Å². The minimum atomic E-state index is -3.72. The van der Waals surface area contributed by atoms with Crippen molar-refractivity contribution < 1.29 is 13.2 Å². The lowest BCUT2D eigenvalue weighted by Crippen LogP contribution is -2.19. The molecule has 5 nitrogen and oxygen atoms in total. The molecule has 0 aliphatic carbocycles. The Morgan fingerprint density at radius 1 is 1.05 bits per heavy atom. The molecule has 2 aromatic carbocycles. The van der Waals surface area contributed by atoms with Crippen molar-refractivity contribution in [1.82, 2.24) is 0 Å². The van der Waals surface area contributed by atoms with Crippen LogP contribution in [0.1, 0.15) is 18.4 Å². The zero-order valence-corrected chi connectivity index (χ0v) is 12.3. The Hall–Kier alpha value is -2.18. The summed E-state index contributed by atoms with van der Waals surface area (Å²) >= 11 is 0. The van der Waals surface area contributed by atoms with Gasteiger partial charge in [-0.2, -0.15) is 0 Å². The van der Waals surface area contributed by atoms with Crippen LogP contribution in [0.4, 0.5) is 5.69 Å². The van der Waals surface area contributed by atoms with E-state index in [1.807, 2.05) is 37.3 Å². The van der Waals surface area contributed by atoms with Gasteiger partial charge in [0, 0.05) is 5.69 Å². The molecule has 0 unspecified atom stereocenters. The van der Waals surface area contributed by atoms with Crippen molar-refractivity contribution in [2.24, 2.45) is 5.14 Å². The third kappa shape index (κ3) is 3.90. The molecule has 21 heavy (non-hydrogen) atoms. The van der Waals surface area contributed by atoms with Gasteiger partial charge in [0.2, 0.25) is 15.9 Å².